The summed E-state index contributed by atoms with van der Waals surface area (Å²) in [7, 11) is 0. The molecule has 1 aliphatic rings. The first-order chi connectivity index (χ1) is 15.3. The van der Waals surface area contributed by atoms with Crippen molar-refractivity contribution in [2.24, 2.45) is 0 Å². The first kappa shape index (κ1) is 24.6. The lowest BCUT2D eigenvalue weighted by Gasteiger charge is -2.23. The summed E-state index contributed by atoms with van der Waals surface area (Å²) in [5.74, 6) is -2.54. The van der Waals surface area contributed by atoms with Gasteiger partial charge in [-0.25, -0.2) is 4.39 Å². The van der Waals surface area contributed by atoms with E-state index in [1.807, 2.05) is 5.32 Å². The number of Topliss-reactive ketones (excluding diaryl/α,β-unsaturated/α-hetero) is 1. The van der Waals surface area contributed by atoms with Crippen molar-refractivity contribution in [3.8, 4) is 5.75 Å². The van der Waals surface area contributed by atoms with Crippen molar-refractivity contribution in [1.29, 1.82) is 0 Å². The SMILES string of the molecule is CC[C@](C)(O)c1cc(F)c(CC(=O)Cc2ccnc(C(=O)NC3(C(F)(F)F)CC3)c2)cc1O. The molecule has 0 radical (unpaired) electrons. The minimum Gasteiger partial charge on any atom is -0.508 e. The van der Waals surface area contributed by atoms with E-state index in [1.54, 1.807) is 6.92 Å². The van der Waals surface area contributed by atoms with Gasteiger partial charge in [-0.05, 0) is 61.6 Å². The molecule has 1 amide bonds. The molecule has 3 rings (SSSR count). The number of alkyl halides is 3. The maximum Gasteiger partial charge on any atom is 0.411 e. The van der Waals surface area contributed by atoms with Crippen molar-refractivity contribution in [1.82, 2.24) is 10.3 Å². The Balaban J connectivity index is 1.69. The zero-order valence-corrected chi connectivity index (χ0v) is 18.1. The first-order valence-corrected chi connectivity index (χ1v) is 10.4. The van der Waals surface area contributed by atoms with Crippen LogP contribution in [-0.2, 0) is 23.2 Å². The molecule has 1 heterocycles. The van der Waals surface area contributed by atoms with Crippen LogP contribution in [-0.4, -0.2) is 38.6 Å². The third-order valence-corrected chi connectivity index (χ3v) is 5.92. The minimum atomic E-state index is -4.56. The van der Waals surface area contributed by atoms with E-state index in [0.717, 1.165) is 12.1 Å². The summed E-state index contributed by atoms with van der Waals surface area (Å²) in [4.78, 5) is 28.5. The molecule has 0 spiro atoms. The monoisotopic (exact) mass is 468 g/mol. The van der Waals surface area contributed by atoms with Crippen molar-refractivity contribution in [3.05, 3.63) is 58.7 Å². The Morgan fingerprint density at radius 3 is 2.42 bits per heavy atom. The maximum atomic E-state index is 14.5. The van der Waals surface area contributed by atoms with E-state index >= 15 is 0 Å². The fraction of sp³-hybridized carbons (Fsp3) is 0.435. The third kappa shape index (κ3) is 5.32. The highest BCUT2D eigenvalue weighted by molar-refractivity contribution is 5.93. The number of phenolic OH excluding ortho intramolecular Hbond substituents is 1. The molecule has 10 heteroatoms. The number of aromatic nitrogens is 1. The Labute approximate surface area is 187 Å². The summed E-state index contributed by atoms with van der Waals surface area (Å²) in [5, 5.41) is 22.4. The number of amides is 1. The number of aromatic hydroxyl groups is 1. The van der Waals surface area contributed by atoms with Crippen molar-refractivity contribution in [3.63, 3.8) is 0 Å². The molecule has 1 aliphatic carbocycles. The quantitative estimate of drug-likeness (QED) is 0.513. The van der Waals surface area contributed by atoms with Gasteiger partial charge in [0, 0.05) is 24.6 Å². The van der Waals surface area contributed by atoms with Gasteiger partial charge in [0.15, 0.2) is 0 Å². The Morgan fingerprint density at radius 2 is 1.85 bits per heavy atom. The van der Waals surface area contributed by atoms with Gasteiger partial charge in [-0.15, -0.1) is 0 Å². The van der Waals surface area contributed by atoms with Crippen LogP contribution in [0.3, 0.4) is 0 Å². The van der Waals surface area contributed by atoms with Gasteiger partial charge < -0.3 is 15.5 Å². The van der Waals surface area contributed by atoms with Crippen LogP contribution < -0.4 is 5.32 Å². The molecule has 3 N–H and O–H groups in total. The van der Waals surface area contributed by atoms with E-state index in [4.69, 9.17) is 0 Å². The zero-order chi connectivity index (χ0) is 24.6. The average Bonchev–Trinajstić information content (AvgIpc) is 3.51. The number of benzene rings is 1. The average molecular weight is 468 g/mol. The van der Waals surface area contributed by atoms with Gasteiger partial charge in [-0.1, -0.05) is 6.92 Å². The number of ketones is 1. The van der Waals surface area contributed by atoms with Crippen LogP contribution in [0.1, 0.15) is 60.3 Å². The lowest BCUT2D eigenvalue weighted by Crippen LogP contribution is -2.48. The van der Waals surface area contributed by atoms with E-state index in [-0.39, 0.29) is 54.7 Å². The summed E-state index contributed by atoms with van der Waals surface area (Å²) < 4.78 is 53.7. The number of nitrogens with zero attached hydrogens (tertiary/aromatic N) is 1. The largest absolute Gasteiger partial charge is 0.508 e. The Morgan fingerprint density at radius 1 is 1.18 bits per heavy atom. The second-order valence-corrected chi connectivity index (χ2v) is 8.56. The molecule has 6 nitrogen and oxygen atoms in total. The first-order valence-electron chi connectivity index (χ1n) is 10.4. The number of rotatable bonds is 8. The third-order valence-electron chi connectivity index (χ3n) is 5.92. The molecule has 0 saturated heterocycles. The zero-order valence-electron chi connectivity index (χ0n) is 18.1. The highest BCUT2D eigenvalue weighted by atomic mass is 19.4. The number of hydrogen-bond donors (Lipinski definition) is 3. The van der Waals surface area contributed by atoms with Crippen molar-refractivity contribution >= 4 is 11.7 Å². The topological polar surface area (TPSA) is 99.5 Å². The van der Waals surface area contributed by atoms with Crippen molar-refractivity contribution in [2.45, 2.75) is 63.3 Å². The number of carbonyl (C=O) groups is 2. The fourth-order valence-corrected chi connectivity index (χ4v) is 3.46. The summed E-state index contributed by atoms with van der Waals surface area (Å²) in [6, 6.07) is 4.73. The lowest BCUT2D eigenvalue weighted by molar-refractivity contribution is -0.163. The molecule has 178 valence electrons. The van der Waals surface area contributed by atoms with E-state index in [1.165, 1.54) is 25.3 Å². The number of carbonyl (C=O) groups excluding carboxylic acids is 2. The van der Waals surface area contributed by atoms with Crippen LogP contribution in [0, 0.1) is 5.82 Å². The smallest absolute Gasteiger partial charge is 0.411 e. The molecular weight excluding hydrogens is 444 g/mol. The molecule has 1 saturated carbocycles. The van der Waals surface area contributed by atoms with Gasteiger partial charge in [-0.3, -0.25) is 14.6 Å². The van der Waals surface area contributed by atoms with E-state index in [0.29, 0.717) is 5.56 Å². The molecule has 1 aromatic heterocycles. The van der Waals surface area contributed by atoms with Crippen molar-refractivity contribution < 1.29 is 37.4 Å². The number of hydrogen-bond acceptors (Lipinski definition) is 5. The molecule has 0 unspecified atom stereocenters. The molecule has 2 aromatic rings. The number of pyridine rings is 1. The number of nitrogens with one attached hydrogen (secondary N) is 1. The van der Waals surface area contributed by atoms with Gasteiger partial charge in [0.25, 0.3) is 5.91 Å². The van der Waals surface area contributed by atoms with Crippen LogP contribution in [0.2, 0.25) is 0 Å². The molecular formula is C23H24F4N2O4. The van der Waals surface area contributed by atoms with E-state index < -0.39 is 34.8 Å². The standard InChI is InChI=1S/C23H24F4N2O4/c1-3-21(2,33)16-12-17(24)14(11-19(16)31)10-15(30)8-13-4-7-28-18(9-13)20(32)29-22(5-6-22)23(25,26)27/h4,7,9,11-12,31,33H,3,5-6,8,10H2,1-2H3,(H,29,32)/t21-/m0/s1. The fourth-order valence-electron chi connectivity index (χ4n) is 3.46. The molecule has 33 heavy (non-hydrogen) atoms. The Hall–Kier alpha value is -3.01. The second-order valence-electron chi connectivity index (χ2n) is 8.56. The number of aliphatic hydroxyl groups is 1. The molecule has 1 fully saturated rings. The van der Waals surface area contributed by atoms with E-state index in [9.17, 15) is 37.4 Å². The van der Waals surface area contributed by atoms with E-state index in [2.05, 4.69) is 4.98 Å². The highest BCUT2D eigenvalue weighted by Crippen LogP contribution is 2.49. The predicted molar refractivity (Wildman–Crippen MR) is 110 cm³/mol. The molecule has 0 aliphatic heterocycles. The highest BCUT2D eigenvalue weighted by Gasteiger charge is 2.64. The minimum absolute atomic E-state index is 0.00998. The Bertz CT molecular complexity index is 1080. The Kier molecular flexibility index (Phi) is 6.52. The van der Waals surface area contributed by atoms with Crippen LogP contribution >= 0.6 is 0 Å². The summed E-state index contributed by atoms with van der Waals surface area (Å²) in [6.07, 6.45) is -4.11. The van der Waals surface area contributed by atoms with Crippen LogP contribution in [0.5, 0.6) is 5.75 Å². The van der Waals surface area contributed by atoms with Crippen molar-refractivity contribution in [2.75, 3.05) is 0 Å². The lowest BCUT2D eigenvalue weighted by atomic mass is 9.90. The molecule has 1 atom stereocenters. The number of phenols is 1. The van der Waals surface area contributed by atoms with Crippen LogP contribution in [0.15, 0.2) is 30.5 Å². The molecule has 1 aromatic carbocycles. The summed E-state index contributed by atoms with van der Waals surface area (Å²) >= 11 is 0. The number of halogens is 4. The van der Waals surface area contributed by atoms with Crippen LogP contribution in [0.25, 0.3) is 0 Å². The second kappa shape index (κ2) is 8.74. The van der Waals surface area contributed by atoms with Gasteiger partial charge in [0.05, 0.1) is 5.60 Å². The normalized spacial score (nSPS) is 16.7. The maximum absolute atomic E-state index is 14.5. The van der Waals surface area contributed by atoms with Gasteiger partial charge in [0.1, 0.15) is 28.6 Å². The van der Waals surface area contributed by atoms with Gasteiger partial charge >= 0.3 is 6.18 Å². The predicted octanol–water partition coefficient (Wildman–Crippen LogP) is 3.72. The summed E-state index contributed by atoms with van der Waals surface area (Å²) in [6.45, 7) is 3.11. The summed E-state index contributed by atoms with van der Waals surface area (Å²) in [5.41, 5.74) is -3.66. The van der Waals surface area contributed by atoms with Crippen LogP contribution in [0.4, 0.5) is 17.6 Å². The van der Waals surface area contributed by atoms with Gasteiger partial charge in [-0.2, -0.15) is 13.2 Å². The van der Waals surface area contributed by atoms with Gasteiger partial charge in [0.2, 0.25) is 0 Å². The molecule has 0 bridgehead atoms.